The van der Waals surface area contributed by atoms with Gasteiger partial charge < -0.3 is 0 Å². The predicted octanol–water partition coefficient (Wildman–Crippen LogP) is 2.25. The van der Waals surface area contributed by atoms with Crippen LogP contribution in [0.25, 0.3) is 0 Å². The van der Waals surface area contributed by atoms with Gasteiger partial charge in [0, 0.05) is 0 Å². The zero-order chi connectivity index (χ0) is 7.33. The first-order valence-electron chi connectivity index (χ1n) is 4.24. The van der Waals surface area contributed by atoms with Gasteiger partial charge in [-0.15, -0.1) is 0 Å². The smallest absolute Gasteiger partial charge is 0.0755 e. The van der Waals surface area contributed by atoms with E-state index in [-0.39, 0.29) is 0 Å². The minimum Gasteiger partial charge on any atom is -0.0755 e. The van der Waals surface area contributed by atoms with Crippen molar-refractivity contribution >= 4 is 7.85 Å². The molecule has 0 saturated heterocycles. The molecule has 0 N–H and O–H groups in total. The maximum atomic E-state index is 2.30. The molecule has 0 unspecified atom stereocenters. The van der Waals surface area contributed by atoms with Gasteiger partial charge in [0.05, 0.1) is 0 Å². The molecule has 0 spiro atoms. The van der Waals surface area contributed by atoms with Crippen LogP contribution in [0.1, 0.15) is 40.0 Å². The first-order chi connectivity index (χ1) is 4.24. The quantitative estimate of drug-likeness (QED) is 0.507. The van der Waals surface area contributed by atoms with Crippen LogP contribution in [0.5, 0.6) is 0 Å². The van der Waals surface area contributed by atoms with Gasteiger partial charge in [0.2, 0.25) is 0 Å². The highest BCUT2D eigenvalue weighted by atomic mass is 14.2. The first-order valence-corrected chi connectivity index (χ1v) is 4.24. The highest BCUT2D eigenvalue weighted by Gasteiger charge is 2.19. The summed E-state index contributed by atoms with van der Waals surface area (Å²) < 4.78 is 0. The van der Waals surface area contributed by atoms with E-state index in [4.69, 9.17) is 0 Å². The summed E-state index contributed by atoms with van der Waals surface area (Å²) in [5.74, 6) is 0. The molecule has 0 aliphatic carbocycles. The summed E-state index contributed by atoms with van der Waals surface area (Å²) in [5.41, 5.74) is 0.667. The molecule has 0 aromatic rings. The Hall–Kier alpha value is 0.0649. The van der Waals surface area contributed by atoms with E-state index in [1.165, 1.54) is 25.6 Å². The fraction of sp³-hybridized carbons (Fsp3) is 1.00. The van der Waals surface area contributed by atoms with E-state index in [0.29, 0.717) is 5.41 Å². The van der Waals surface area contributed by atoms with E-state index in [2.05, 4.69) is 28.6 Å². The van der Waals surface area contributed by atoms with Gasteiger partial charge in [-0.2, -0.15) is 0 Å². The van der Waals surface area contributed by atoms with E-state index in [1.807, 2.05) is 0 Å². The number of hydrogen-bond donors (Lipinski definition) is 0. The minimum absolute atomic E-state index is 0.667. The summed E-state index contributed by atoms with van der Waals surface area (Å²) in [6.07, 6.45) is 5.38. The topological polar surface area (TPSA) is 0 Å². The fourth-order valence-corrected chi connectivity index (χ4v) is 1.50. The van der Waals surface area contributed by atoms with Crippen LogP contribution < -0.4 is 0 Å². The molecule has 0 amide bonds. The maximum Gasteiger partial charge on any atom is 0.102 e. The van der Waals surface area contributed by atoms with Crippen LogP contribution in [0.15, 0.2) is 0 Å². The van der Waals surface area contributed by atoms with Gasteiger partial charge in [0.25, 0.3) is 0 Å². The van der Waals surface area contributed by atoms with Crippen molar-refractivity contribution in [3.63, 3.8) is 0 Å². The molecule has 0 rings (SSSR count). The molecule has 9 heavy (non-hydrogen) atoms. The van der Waals surface area contributed by atoms with E-state index in [1.54, 1.807) is 0 Å². The third-order valence-electron chi connectivity index (χ3n) is 3.00. The van der Waals surface area contributed by atoms with E-state index >= 15 is 0 Å². The zero-order valence-electron chi connectivity index (χ0n) is 7.33. The normalized spacial score (nSPS) is 11.9. The van der Waals surface area contributed by atoms with Crippen LogP contribution in [0.3, 0.4) is 0 Å². The summed E-state index contributed by atoms with van der Waals surface area (Å²) in [6.45, 7) is 6.91. The minimum atomic E-state index is 0.667. The maximum absolute atomic E-state index is 2.30. The third-order valence-corrected chi connectivity index (χ3v) is 3.00. The zero-order valence-corrected chi connectivity index (χ0v) is 7.33. The van der Waals surface area contributed by atoms with E-state index in [9.17, 15) is 0 Å². The van der Waals surface area contributed by atoms with Crippen LogP contribution in [0.2, 0.25) is 6.32 Å². The average Bonchev–Trinajstić information content (AvgIpc) is 1.95. The molecule has 0 aliphatic heterocycles. The molecule has 0 aromatic heterocycles. The molecule has 0 nitrogen and oxygen atoms in total. The number of hydrogen-bond acceptors (Lipinski definition) is 0. The molecular formula is C8H19B. The van der Waals surface area contributed by atoms with E-state index in [0.717, 1.165) is 0 Å². The van der Waals surface area contributed by atoms with Crippen molar-refractivity contribution in [2.24, 2.45) is 5.41 Å². The second-order valence-electron chi connectivity index (χ2n) is 2.91. The monoisotopic (exact) mass is 126 g/mol. The SMILES string of the molecule is BCC(CC)(CC)CC. The lowest BCUT2D eigenvalue weighted by Gasteiger charge is -2.28. The van der Waals surface area contributed by atoms with Crippen LogP contribution in [0, 0.1) is 5.41 Å². The summed E-state index contributed by atoms with van der Waals surface area (Å²) in [4.78, 5) is 0. The molecule has 0 atom stereocenters. The largest absolute Gasteiger partial charge is 0.102 e. The van der Waals surface area contributed by atoms with Gasteiger partial charge in [-0.3, -0.25) is 0 Å². The molecule has 0 aromatic carbocycles. The van der Waals surface area contributed by atoms with Crippen LogP contribution >= 0.6 is 0 Å². The Balaban J connectivity index is 3.82. The number of rotatable bonds is 4. The third kappa shape index (κ3) is 2.04. The Morgan fingerprint density at radius 1 is 1.00 bits per heavy atom. The molecule has 0 radical (unpaired) electrons. The lowest BCUT2D eigenvalue weighted by molar-refractivity contribution is 0.287. The van der Waals surface area contributed by atoms with Crippen molar-refractivity contribution in [3.05, 3.63) is 0 Å². The highest BCUT2D eigenvalue weighted by molar-refractivity contribution is 6.08. The van der Waals surface area contributed by atoms with Crippen LogP contribution in [-0.2, 0) is 0 Å². The molecule has 0 aliphatic rings. The van der Waals surface area contributed by atoms with Gasteiger partial charge in [-0.25, -0.2) is 0 Å². The predicted molar refractivity (Wildman–Crippen MR) is 46.7 cm³/mol. The van der Waals surface area contributed by atoms with Crippen molar-refractivity contribution in [1.29, 1.82) is 0 Å². The molecule has 0 saturated carbocycles. The molecule has 0 heterocycles. The van der Waals surface area contributed by atoms with Gasteiger partial charge >= 0.3 is 0 Å². The van der Waals surface area contributed by atoms with Crippen LogP contribution in [0.4, 0.5) is 0 Å². The Bertz CT molecular complexity index is 47.5. The van der Waals surface area contributed by atoms with Crippen molar-refractivity contribution in [2.75, 3.05) is 0 Å². The Morgan fingerprint density at radius 3 is 1.33 bits per heavy atom. The lowest BCUT2D eigenvalue weighted by atomic mass is 9.70. The molecule has 54 valence electrons. The van der Waals surface area contributed by atoms with Crippen molar-refractivity contribution in [3.8, 4) is 0 Å². The van der Waals surface area contributed by atoms with Gasteiger partial charge in [0.15, 0.2) is 0 Å². The van der Waals surface area contributed by atoms with Gasteiger partial charge in [-0.1, -0.05) is 46.4 Å². The Kier molecular flexibility index (Phi) is 4.00. The highest BCUT2D eigenvalue weighted by Crippen LogP contribution is 2.33. The molecule has 0 fully saturated rings. The lowest BCUT2D eigenvalue weighted by Crippen LogP contribution is -2.16. The molecular weight excluding hydrogens is 107 g/mol. The van der Waals surface area contributed by atoms with E-state index < -0.39 is 0 Å². The molecule has 1 heteroatoms. The second-order valence-corrected chi connectivity index (χ2v) is 2.91. The van der Waals surface area contributed by atoms with Gasteiger partial charge in [0.1, 0.15) is 7.85 Å². The summed E-state index contributed by atoms with van der Waals surface area (Å²) in [7, 11) is 2.30. The summed E-state index contributed by atoms with van der Waals surface area (Å²) in [5, 5.41) is 0. The Morgan fingerprint density at radius 2 is 1.33 bits per heavy atom. The summed E-state index contributed by atoms with van der Waals surface area (Å²) in [6, 6.07) is 0. The van der Waals surface area contributed by atoms with Gasteiger partial charge in [-0.05, 0) is 5.41 Å². The van der Waals surface area contributed by atoms with Crippen molar-refractivity contribution < 1.29 is 0 Å². The molecule has 0 bridgehead atoms. The van der Waals surface area contributed by atoms with Crippen molar-refractivity contribution in [1.82, 2.24) is 0 Å². The standard InChI is InChI=1S/C8H19B/c1-4-8(5-2,6-3)7-9/h4-7,9H2,1-3H3. The van der Waals surface area contributed by atoms with Crippen LogP contribution in [-0.4, -0.2) is 7.85 Å². The average molecular weight is 126 g/mol. The summed E-state index contributed by atoms with van der Waals surface area (Å²) >= 11 is 0. The fourth-order valence-electron chi connectivity index (χ4n) is 1.50. The first kappa shape index (κ1) is 9.06. The Labute approximate surface area is 60.4 Å². The second kappa shape index (κ2) is 3.97. The van der Waals surface area contributed by atoms with Crippen molar-refractivity contribution in [2.45, 2.75) is 46.4 Å².